The molecule has 0 saturated carbocycles. The van der Waals surface area contributed by atoms with Gasteiger partial charge in [-0.2, -0.15) is 0 Å². The number of esters is 2. The molecular weight excluding hydrogens is 914 g/mol. The van der Waals surface area contributed by atoms with Crippen LogP contribution in [-0.4, -0.2) is 95.0 Å². The lowest BCUT2D eigenvalue weighted by molar-refractivity contribution is -0.148. The molecule has 15 nitrogen and oxygen atoms in total. The molecule has 0 aliphatic rings. The summed E-state index contributed by atoms with van der Waals surface area (Å²) in [4.78, 5) is 43.8. The van der Waals surface area contributed by atoms with Crippen LogP contribution in [0.3, 0.4) is 0 Å². The average molecular weight is 1010 g/mol. The third-order valence-electron chi connectivity index (χ3n) is 10.4. The Labute approximate surface area is 410 Å². The minimum Gasteiger partial charge on any atom is -0.463 e. The van der Waals surface area contributed by atoms with E-state index in [-0.39, 0.29) is 12.8 Å². The molecule has 5 N–H and O–H groups in total. The molecule has 0 aliphatic carbocycles. The first-order valence-electron chi connectivity index (χ1n) is 25.6. The summed E-state index contributed by atoms with van der Waals surface area (Å²) in [6.45, 7) is 0.350. The van der Waals surface area contributed by atoms with E-state index < -0.39 is 85.5 Å². The molecule has 0 bridgehead atoms. The predicted molar refractivity (Wildman–Crippen MR) is 270 cm³/mol. The Bertz CT molecular complexity index is 1450. The van der Waals surface area contributed by atoms with Gasteiger partial charge in [-0.05, 0) is 83.5 Å². The second-order valence-corrected chi connectivity index (χ2v) is 20.1. The Morgan fingerprint density at radius 1 is 0.382 bits per heavy atom. The van der Waals surface area contributed by atoms with E-state index in [1.807, 2.05) is 0 Å². The number of carbonyl (C=O) groups is 2. The van der Waals surface area contributed by atoms with Crippen LogP contribution in [0.25, 0.3) is 0 Å². The molecule has 0 rings (SSSR count). The number of ether oxygens (including phenoxy) is 2. The molecule has 0 radical (unpaired) electrons. The van der Waals surface area contributed by atoms with Gasteiger partial charge in [0.15, 0.2) is 0 Å². The van der Waals surface area contributed by atoms with Crippen molar-refractivity contribution in [3.05, 3.63) is 60.8 Å². The Morgan fingerprint density at radius 3 is 0.941 bits per heavy atom. The number of phosphoric ester groups is 2. The zero-order valence-corrected chi connectivity index (χ0v) is 43.5. The number of aliphatic hydroxyl groups is 3. The molecule has 0 spiro atoms. The fourth-order valence-electron chi connectivity index (χ4n) is 6.43. The fraction of sp³-hybridized carbons (Fsp3) is 0.765. The second-order valence-electron chi connectivity index (χ2n) is 17.2. The summed E-state index contributed by atoms with van der Waals surface area (Å²) < 4.78 is 53.1. The van der Waals surface area contributed by atoms with Crippen LogP contribution in [-0.2, 0) is 46.3 Å². The maximum atomic E-state index is 12.2. The molecule has 68 heavy (non-hydrogen) atoms. The number of hydrogen-bond acceptors (Lipinski definition) is 13. The van der Waals surface area contributed by atoms with Gasteiger partial charge in [-0.15, -0.1) is 0 Å². The lowest BCUT2D eigenvalue weighted by Crippen LogP contribution is -2.25. The van der Waals surface area contributed by atoms with Crippen LogP contribution < -0.4 is 0 Å². The van der Waals surface area contributed by atoms with Crippen LogP contribution in [0.1, 0.15) is 194 Å². The molecule has 0 amide bonds. The molecule has 0 aromatic rings. The number of phosphoric acid groups is 2. The lowest BCUT2D eigenvalue weighted by Gasteiger charge is -2.19. The van der Waals surface area contributed by atoms with Crippen molar-refractivity contribution in [2.75, 3.05) is 39.6 Å². The Hall–Kier alpha value is -2.26. The van der Waals surface area contributed by atoms with Crippen molar-refractivity contribution in [1.82, 2.24) is 0 Å². The van der Waals surface area contributed by atoms with Crippen molar-refractivity contribution in [3.63, 3.8) is 0 Å². The van der Waals surface area contributed by atoms with Gasteiger partial charge >= 0.3 is 27.6 Å². The fourth-order valence-corrected chi connectivity index (χ4v) is 8.02. The zero-order valence-electron chi connectivity index (χ0n) is 41.8. The Kier molecular flexibility index (Phi) is 45.5. The molecule has 0 fully saturated rings. The summed E-state index contributed by atoms with van der Waals surface area (Å²) in [5.74, 6) is -1.01. The third kappa shape index (κ3) is 48.8. The summed E-state index contributed by atoms with van der Waals surface area (Å²) in [5, 5.41) is 30.1. The van der Waals surface area contributed by atoms with Crippen LogP contribution >= 0.6 is 15.6 Å². The largest absolute Gasteiger partial charge is 0.472 e. The first-order chi connectivity index (χ1) is 32.8. The maximum Gasteiger partial charge on any atom is 0.472 e. The van der Waals surface area contributed by atoms with E-state index in [4.69, 9.17) is 9.47 Å². The van der Waals surface area contributed by atoms with Gasteiger partial charge in [-0.3, -0.25) is 27.7 Å². The van der Waals surface area contributed by atoms with E-state index in [0.29, 0.717) is 12.8 Å². The number of unbranched alkanes of at least 4 members (excludes halogenated alkanes) is 19. The van der Waals surface area contributed by atoms with Crippen LogP contribution in [0.5, 0.6) is 0 Å². The highest BCUT2D eigenvalue weighted by Crippen LogP contribution is 2.45. The van der Waals surface area contributed by atoms with Gasteiger partial charge in [0.2, 0.25) is 0 Å². The van der Waals surface area contributed by atoms with Gasteiger partial charge in [0.1, 0.15) is 31.5 Å². The van der Waals surface area contributed by atoms with Gasteiger partial charge in [-0.1, -0.05) is 158 Å². The molecule has 0 aromatic carbocycles. The van der Waals surface area contributed by atoms with Gasteiger partial charge in [0, 0.05) is 12.8 Å². The van der Waals surface area contributed by atoms with Crippen molar-refractivity contribution >= 4 is 27.6 Å². The topological polar surface area (TPSA) is 225 Å². The van der Waals surface area contributed by atoms with E-state index in [9.17, 15) is 43.8 Å². The first-order valence-corrected chi connectivity index (χ1v) is 28.6. The molecule has 17 heteroatoms. The predicted octanol–water partition coefficient (Wildman–Crippen LogP) is 12.2. The molecule has 5 unspecified atom stereocenters. The molecule has 0 saturated heterocycles. The quantitative estimate of drug-likeness (QED) is 0.0165. The van der Waals surface area contributed by atoms with E-state index in [1.165, 1.54) is 64.2 Å². The van der Waals surface area contributed by atoms with E-state index in [0.717, 1.165) is 89.9 Å². The van der Waals surface area contributed by atoms with Crippen LogP contribution in [0, 0.1) is 0 Å². The first kappa shape index (κ1) is 65.7. The standard InChI is InChI=1S/C51H92O15P2/c1-3-5-7-9-11-13-15-17-19-21-22-24-26-28-30-32-34-36-38-40-51(56)62-42-48(53)44-64-68(59,60)66-46-49(54)45-65-67(57,58)63-43-47(52)41-61-50(55)39-37-35-33-31-29-27-25-23-20-18-16-14-12-10-8-6-4-2/h11-14,17-20,22,24,47-49,52-54H,3-10,15-16,21,23,25-46H2,1-2H3,(H,57,58)(H,59,60)/b13-11-,14-12-,19-17-,20-18-,24-22-. The van der Waals surface area contributed by atoms with Gasteiger partial charge in [0.05, 0.1) is 26.4 Å². The van der Waals surface area contributed by atoms with Crippen molar-refractivity contribution in [1.29, 1.82) is 0 Å². The van der Waals surface area contributed by atoms with E-state index >= 15 is 0 Å². The highest BCUT2D eigenvalue weighted by molar-refractivity contribution is 7.47. The minimum atomic E-state index is -4.79. The van der Waals surface area contributed by atoms with Crippen LogP contribution in [0.15, 0.2) is 60.8 Å². The maximum absolute atomic E-state index is 12.2. The summed E-state index contributed by atoms with van der Waals surface area (Å²) >= 11 is 0. The molecule has 5 atom stereocenters. The molecule has 0 aromatic heterocycles. The van der Waals surface area contributed by atoms with Crippen molar-refractivity contribution in [3.8, 4) is 0 Å². The summed E-state index contributed by atoms with van der Waals surface area (Å²) in [7, 11) is -9.58. The number of carbonyl (C=O) groups excluding carboxylic acids is 2. The zero-order chi connectivity index (χ0) is 50.2. The average Bonchev–Trinajstić information content (AvgIpc) is 3.31. The number of rotatable bonds is 49. The number of aliphatic hydroxyl groups excluding tert-OH is 3. The number of hydrogen-bond donors (Lipinski definition) is 5. The lowest BCUT2D eigenvalue weighted by atomic mass is 10.1. The highest BCUT2D eigenvalue weighted by Gasteiger charge is 2.28. The smallest absolute Gasteiger partial charge is 0.463 e. The van der Waals surface area contributed by atoms with Gasteiger partial charge in [-0.25, -0.2) is 9.13 Å². The molecular formula is C51H92O15P2. The minimum absolute atomic E-state index is 0.180. The Morgan fingerprint density at radius 2 is 0.632 bits per heavy atom. The summed E-state index contributed by atoms with van der Waals surface area (Å²) in [5.41, 5.74) is 0. The van der Waals surface area contributed by atoms with Gasteiger partial charge < -0.3 is 34.6 Å². The Balaban J connectivity index is 3.89. The molecule has 0 aliphatic heterocycles. The molecule has 396 valence electrons. The van der Waals surface area contributed by atoms with Crippen LogP contribution in [0.4, 0.5) is 0 Å². The van der Waals surface area contributed by atoms with Crippen LogP contribution in [0.2, 0.25) is 0 Å². The normalized spacial score (nSPS) is 15.5. The van der Waals surface area contributed by atoms with Crippen molar-refractivity contribution in [2.24, 2.45) is 0 Å². The van der Waals surface area contributed by atoms with Crippen molar-refractivity contribution in [2.45, 2.75) is 212 Å². The second kappa shape index (κ2) is 47.1. The SMILES string of the molecule is CCCCC/C=C\C/C=C\C/C=C\CCCCCCCCC(=O)OCC(O)COP(=O)(O)OCC(O)COP(=O)(O)OCC(O)COC(=O)CCCCCCCCC/C=C\C/C=C\CCCCC. The van der Waals surface area contributed by atoms with E-state index in [2.05, 4.69) is 92.7 Å². The monoisotopic (exact) mass is 1010 g/mol. The van der Waals surface area contributed by atoms with Crippen molar-refractivity contribution < 1.29 is 71.4 Å². The highest BCUT2D eigenvalue weighted by atomic mass is 31.2. The van der Waals surface area contributed by atoms with Gasteiger partial charge in [0.25, 0.3) is 0 Å². The molecule has 0 heterocycles. The number of allylic oxidation sites excluding steroid dienone is 10. The summed E-state index contributed by atoms with van der Waals surface area (Å²) in [6.07, 6.45) is 46.2. The third-order valence-corrected chi connectivity index (χ3v) is 12.3. The summed E-state index contributed by atoms with van der Waals surface area (Å²) in [6, 6.07) is 0. The van der Waals surface area contributed by atoms with E-state index in [1.54, 1.807) is 0 Å².